The Morgan fingerprint density at radius 3 is 2.65 bits per heavy atom. The number of anilines is 1. The summed E-state index contributed by atoms with van der Waals surface area (Å²) >= 11 is 1.64. The van der Waals surface area contributed by atoms with Gasteiger partial charge in [0, 0.05) is 19.5 Å². The fraction of sp³-hybridized carbons (Fsp3) is 0.450. The highest BCUT2D eigenvalue weighted by Crippen LogP contribution is 2.42. The van der Waals surface area contributed by atoms with Gasteiger partial charge < -0.3 is 10.2 Å². The molecule has 26 heavy (non-hydrogen) atoms. The summed E-state index contributed by atoms with van der Waals surface area (Å²) in [5, 5.41) is 3.89. The van der Waals surface area contributed by atoms with Gasteiger partial charge in [0.25, 0.3) is 5.91 Å². The number of amides is 2. The number of nitrogens with one attached hydrogen (secondary N) is 1. The molecule has 1 aliphatic heterocycles. The largest absolute Gasteiger partial charge is 0.331 e. The number of nitrogens with zero attached hydrogens (tertiary/aromatic N) is 2. The summed E-state index contributed by atoms with van der Waals surface area (Å²) in [4.78, 5) is 32.4. The number of thiazole rings is 1. The SMILES string of the molecule is CC(=O)Nc1cc(-c2sc(C)nc2C)cc2c1C(=O)N([C@@H](C)C1CC1)C2. The van der Waals surface area contributed by atoms with Gasteiger partial charge in [-0.25, -0.2) is 4.98 Å². The molecule has 0 spiro atoms. The van der Waals surface area contributed by atoms with Crippen molar-refractivity contribution in [2.75, 3.05) is 5.32 Å². The molecule has 4 rings (SSSR count). The molecule has 1 saturated carbocycles. The highest BCUT2D eigenvalue weighted by atomic mass is 32.1. The third-order valence-electron chi connectivity index (χ3n) is 5.31. The van der Waals surface area contributed by atoms with Crippen LogP contribution in [0.2, 0.25) is 0 Å². The Morgan fingerprint density at radius 1 is 1.35 bits per heavy atom. The summed E-state index contributed by atoms with van der Waals surface area (Å²) < 4.78 is 0. The van der Waals surface area contributed by atoms with Crippen LogP contribution >= 0.6 is 11.3 Å². The molecule has 6 heteroatoms. The molecule has 0 radical (unpaired) electrons. The van der Waals surface area contributed by atoms with Gasteiger partial charge in [0.15, 0.2) is 0 Å². The molecule has 1 aromatic carbocycles. The maximum Gasteiger partial charge on any atom is 0.256 e. The predicted octanol–water partition coefficient (Wildman–Crippen LogP) is 4.14. The second kappa shape index (κ2) is 6.20. The van der Waals surface area contributed by atoms with Crippen LogP contribution in [0.15, 0.2) is 12.1 Å². The molecule has 1 aliphatic carbocycles. The van der Waals surface area contributed by atoms with Crippen LogP contribution in [0.4, 0.5) is 5.69 Å². The summed E-state index contributed by atoms with van der Waals surface area (Å²) in [6.45, 7) is 8.22. The van der Waals surface area contributed by atoms with Gasteiger partial charge in [-0.2, -0.15) is 0 Å². The number of carbonyl (C=O) groups excluding carboxylic acids is 2. The van der Waals surface area contributed by atoms with Gasteiger partial charge in [-0.3, -0.25) is 9.59 Å². The van der Waals surface area contributed by atoms with E-state index in [4.69, 9.17) is 0 Å². The molecule has 1 N–H and O–H groups in total. The summed E-state index contributed by atoms with van der Waals surface area (Å²) in [5.74, 6) is 0.485. The van der Waals surface area contributed by atoms with Crippen molar-refractivity contribution in [3.8, 4) is 10.4 Å². The van der Waals surface area contributed by atoms with Crippen molar-refractivity contribution in [3.63, 3.8) is 0 Å². The second-order valence-electron chi connectivity index (χ2n) is 7.40. The minimum absolute atomic E-state index is 0.0342. The molecular formula is C20H23N3O2S. The number of rotatable bonds is 4. The minimum Gasteiger partial charge on any atom is -0.331 e. The standard InChI is InChI=1S/C20H23N3O2S/c1-10-19(26-13(4)21-10)15-7-16-9-23(11(2)14-5-6-14)20(25)18(16)17(8-15)22-12(3)24/h7-8,11,14H,5-6,9H2,1-4H3,(H,22,24)/t11-/m0/s1. The van der Waals surface area contributed by atoms with Gasteiger partial charge >= 0.3 is 0 Å². The van der Waals surface area contributed by atoms with E-state index in [0.29, 0.717) is 23.7 Å². The zero-order valence-electron chi connectivity index (χ0n) is 15.5. The molecule has 0 bridgehead atoms. The zero-order chi connectivity index (χ0) is 18.6. The van der Waals surface area contributed by atoms with Crippen molar-refractivity contribution < 1.29 is 9.59 Å². The zero-order valence-corrected chi connectivity index (χ0v) is 16.4. The lowest BCUT2D eigenvalue weighted by molar-refractivity contribution is -0.114. The Kier molecular flexibility index (Phi) is 4.10. The molecule has 1 aromatic heterocycles. The Labute approximate surface area is 157 Å². The molecule has 0 saturated heterocycles. The highest BCUT2D eigenvalue weighted by molar-refractivity contribution is 7.15. The summed E-state index contributed by atoms with van der Waals surface area (Å²) in [6, 6.07) is 4.26. The Balaban J connectivity index is 1.80. The fourth-order valence-electron chi connectivity index (χ4n) is 3.86. The molecule has 1 atom stereocenters. The molecule has 2 aliphatic rings. The number of fused-ring (bicyclic) bond motifs is 1. The third-order valence-corrected chi connectivity index (χ3v) is 6.43. The first-order valence-electron chi connectivity index (χ1n) is 9.05. The van der Waals surface area contributed by atoms with E-state index < -0.39 is 0 Å². The number of benzene rings is 1. The maximum absolute atomic E-state index is 13.1. The van der Waals surface area contributed by atoms with Gasteiger partial charge in [0.1, 0.15) is 0 Å². The predicted molar refractivity (Wildman–Crippen MR) is 103 cm³/mol. The van der Waals surface area contributed by atoms with Crippen LogP contribution in [0.25, 0.3) is 10.4 Å². The van der Waals surface area contributed by atoms with E-state index in [1.165, 1.54) is 19.8 Å². The smallest absolute Gasteiger partial charge is 0.256 e. The first kappa shape index (κ1) is 17.2. The van der Waals surface area contributed by atoms with E-state index in [9.17, 15) is 9.59 Å². The molecule has 5 nitrogen and oxygen atoms in total. The molecular weight excluding hydrogens is 346 g/mol. The van der Waals surface area contributed by atoms with Gasteiger partial charge in [0.2, 0.25) is 5.91 Å². The average Bonchev–Trinajstić information content (AvgIpc) is 3.28. The van der Waals surface area contributed by atoms with Crippen LogP contribution in [0.5, 0.6) is 0 Å². The average molecular weight is 369 g/mol. The van der Waals surface area contributed by atoms with Gasteiger partial charge in [-0.05, 0) is 62.8 Å². The molecule has 0 unspecified atom stereocenters. The van der Waals surface area contributed by atoms with E-state index >= 15 is 0 Å². The Bertz CT molecular complexity index is 914. The van der Waals surface area contributed by atoms with Gasteiger partial charge in [-0.1, -0.05) is 0 Å². The molecule has 2 amide bonds. The van der Waals surface area contributed by atoms with E-state index in [2.05, 4.69) is 23.3 Å². The van der Waals surface area contributed by atoms with Crippen molar-refractivity contribution >= 4 is 28.8 Å². The normalized spacial score (nSPS) is 17.4. The summed E-state index contributed by atoms with van der Waals surface area (Å²) in [6.07, 6.45) is 2.40. The fourth-order valence-corrected chi connectivity index (χ4v) is 4.77. The summed E-state index contributed by atoms with van der Waals surface area (Å²) in [5.41, 5.74) is 4.26. The van der Waals surface area contributed by atoms with Crippen molar-refractivity contribution in [3.05, 3.63) is 34.0 Å². The first-order chi connectivity index (χ1) is 12.3. The Morgan fingerprint density at radius 2 is 2.08 bits per heavy atom. The monoisotopic (exact) mass is 369 g/mol. The summed E-state index contributed by atoms with van der Waals surface area (Å²) in [7, 11) is 0. The lowest BCUT2D eigenvalue weighted by atomic mass is 10.0. The van der Waals surface area contributed by atoms with Crippen LogP contribution in [-0.2, 0) is 11.3 Å². The van der Waals surface area contributed by atoms with E-state index in [1.54, 1.807) is 11.3 Å². The van der Waals surface area contributed by atoms with Gasteiger partial charge in [-0.15, -0.1) is 11.3 Å². The number of hydrogen-bond donors (Lipinski definition) is 1. The van der Waals surface area contributed by atoms with Crippen LogP contribution in [0.1, 0.15) is 53.3 Å². The van der Waals surface area contributed by atoms with Crippen molar-refractivity contribution in [2.45, 2.75) is 53.1 Å². The third kappa shape index (κ3) is 2.92. The number of hydrogen-bond acceptors (Lipinski definition) is 4. The molecule has 1 fully saturated rings. The highest BCUT2D eigenvalue weighted by Gasteiger charge is 2.40. The van der Waals surface area contributed by atoms with Crippen molar-refractivity contribution in [2.24, 2.45) is 5.92 Å². The molecule has 136 valence electrons. The molecule has 2 aromatic rings. The quantitative estimate of drug-likeness (QED) is 0.881. The lowest BCUT2D eigenvalue weighted by Crippen LogP contribution is -2.34. The number of carbonyl (C=O) groups is 2. The van der Waals surface area contributed by atoms with Crippen LogP contribution in [0, 0.1) is 19.8 Å². The van der Waals surface area contributed by atoms with Crippen molar-refractivity contribution in [1.29, 1.82) is 0 Å². The Hall–Kier alpha value is -2.21. The van der Waals surface area contributed by atoms with Crippen LogP contribution in [-0.4, -0.2) is 27.7 Å². The topological polar surface area (TPSA) is 62.3 Å². The lowest BCUT2D eigenvalue weighted by Gasteiger charge is -2.24. The van der Waals surface area contributed by atoms with Crippen LogP contribution < -0.4 is 5.32 Å². The van der Waals surface area contributed by atoms with Crippen LogP contribution in [0.3, 0.4) is 0 Å². The number of aryl methyl sites for hydroxylation is 2. The number of aromatic nitrogens is 1. The van der Waals surface area contributed by atoms with Crippen molar-refractivity contribution in [1.82, 2.24) is 9.88 Å². The second-order valence-corrected chi connectivity index (χ2v) is 8.60. The first-order valence-corrected chi connectivity index (χ1v) is 9.86. The van der Waals surface area contributed by atoms with Gasteiger partial charge in [0.05, 0.1) is 26.8 Å². The maximum atomic E-state index is 13.1. The minimum atomic E-state index is -0.164. The molecule has 2 heterocycles. The van der Waals surface area contributed by atoms with E-state index in [1.807, 2.05) is 24.8 Å². The van der Waals surface area contributed by atoms with E-state index in [-0.39, 0.29) is 17.9 Å². The van der Waals surface area contributed by atoms with E-state index in [0.717, 1.165) is 26.7 Å².